The van der Waals surface area contributed by atoms with Crippen molar-refractivity contribution in [3.63, 3.8) is 0 Å². The Morgan fingerprint density at radius 3 is 2.62 bits per heavy atom. The highest BCUT2D eigenvalue weighted by Gasteiger charge is 2.18. The molecule has 4 heteroatoms. The van der Waals surface area contributed by atoms with Gasteiger partial charge in [0.25, 0.3) is 0 Å². The molecule has 0 aromatic heterocycles. The molecule has 0 bridgehead atoms. The van der Waals surface area contributed by atoms with E-state index in [0.717, 1.165) is 57.7 Å². The van der Waals surface area contributed by atoms with Crippen molar-refractivity contribution in [2.45, 2.75) is 26.2 Å². The summed E-state index contributed by atoms with van der Waals surface area (Å²) in [5.74, 6) is 0.250. The van der Waals surface area contributed by atoms with E-state index in [9.17, 15) is 4.79 Å². The average Bonchev–Trinajstić information content (AvgIpc) is 2.73. The Balaban J connectivity index is 1.83. The Hall–Kier alpha value is -1.39. The zero-order valence-corrected chi connectivity index (χ0v) is 13.1. The molecule has 0 radical (unpaired) electrons. The molecule has 21 heavy (non-hydrogen) atoms. The number of rotatable bonds is 5. The number of carbonyl (C=O) groups excluding carboxylic acids is 1. The van der Waals surface area contributed by atoms with Gasteiger partial charge in [-0.1, -0.05) is 29.8 Å². The van der Waals surface area contributed by atoms with Crippen LogP contribution in [0.3, 0.4) is 0 Å². The van der Waals surface area contributed by atoms with Crippen molar-refractivity contribution in [1.82, 2.24) is 9.80 Å². The maximum atomic E-state index is 12.4. The van der Waals surface area contributed by atoms with Gasteiger partial charge in [-0.2, -0.15) is 0 Å². The van der Waals surface area contributed by atoms with Crippen LogP contribution in [0.1, 0.15) is 24.0 Å². The molecule has 4 nitrogen and oxygen atoms in total. The molecule has 0 aliphatic carbocycles. The molecule has 1 saturated heterocycles. The maximum Gasteiger partial charge on any atom is 0.227 e. The molecule has 0 unspecified atom stereocenters. The fourth-order valence-electron chi connectivity index (χ4n) is 2.75. The summed E-state index contributed by atoms with van der Waals surface area (Å²) < 4.78 is 0. The molecule has 0 atom stereocenters. The molecule has 1 amide bonds. The van der Waals surface area contributed by atoms with Crippen LogP contribution in [0.2, 0.25) is 0 Å². The summed E-state index contributed by atoms with van der Waals surface area (Å²) >= 11 is 0. The van der Waals surface area contributed by atoms with Gasteiger partial charge < -0.3 is 15.5 Å². The van der Waals surface area contributed by atoms with E-state index in [-0.39, 0.29) is 5.91 Å². The minimum atomic E-state index is 0.250. The lowest BCUT2D eigenvalue weighted by atomic mass is 10.1. The highest BCUT2D eigenvalue weighted by molar-refractivity contribution is 5.78. The van der Waals surface area contributed by atoms with E-state index in [0.29, 0.717) is 6.42 Å². The van der Waals surface area contributed by atoms with Crippen LogP contribution in [0.15, 0.2) is 24.3 Å². The second-order valence-electron chi connectivity index (χ2n) is 5.88. The van der Waals surface area contributed by atoms with E-state index in [4.69, 9.17) is 5.73 Å². The lowest BCUT2D eigenvalue weighted by Crippen LogP contribution is -2.36. The van der Waals surface area contributed by atoms with Crippen LogP contribution in [0.4, 0.5) is 0 Å². The van der Waals surface area contributed by atoms with Crippen LogP contribution in [0.25, 0.3) is 0 Å². The predicted molar refractivity (Wildman–Crippen MR) is 86.2 cm³/mol. The fraction of sp³-hybridized carbons (Fsp3) is 0.588. The Kier molecular flexibility index (Phi) is 6.21. The average molecular weight is 289 g/mol. The van der Waals surface area contributed by atoms with Crippen LogP contribution in [0.5, 0.6) is 0 Å². The van der Waals surface area contributed by atoms with Gasteiger partial charge in [0.15, 0.2) is 0 Å². The van der Waals surface area contributed by atoms with Crippen molar-refractivity contribution >= 4 is 5.91 Å². The molecule has 1 fully saturated rings. The monoisotopic (exact) mass is 289 g/mol. The number of nitrogens with zero attached hydrogens (tertiary/aromatic N) is 2. The molecule has 0 saturated carbocycles. The van der Waals surface area contributed by atoms with Gasteiger partial charge in [0.2, 0.25) is 5.91 Å². The second-order valence-corrected chi connectivity index (χ2v) is 5.88. The number of benzene rings is 1. The zero-order valence-electron chi connectivity index (χ0n) is 13.1. The smallest absolute Gasteiger partial charge is 0.227 e. The van der Waals surface area contributed by atoms with E-state index in [1.54, 1.807) is 0 Å². The quantitative estimate of drug-likeness (QED) is 0.892. The molecule has 1 aliphatic heterocycles. The van der Waals surface area contributed by atoms with E-state index in [1.165, 1.54) is 5.56 Å². The van der Waals surface area contributed by atoms with E-state index < -0.39 is 0 Å². The highest BCUT2D eigenvalue weighted by atomic mass is 16.2. The standard InChI is InChI=1S/C17H27N3O/c1-15-4-6-16(7-5-15)14-17(21)20-11-3-10-19(12-13-20)9-2-8-18/h4-7H,2-3,8-14,18H2,1H3. The maximum absolute atomic E-state index is 12.4. The molecule has 1 aromatic rings. The Labute approximate surface area is 127 Å². The summed E-state index contributed by atoms with van der Waals surface area (Å²) in [5, 5.41) is 0. The van der Waals surface area contributed by atoms with Gasteiger partial charge in [0.05, 0.1) is 6.42 Å². The van der Waals surface area contributed by atoms with E-state index in [1.807, 2.05) is 4.90 Å². The first-order valence-electron chi connectivity index (χ1n) is 7.95. The molecule has 1 aliphatic rings. The second kappa shape index (κ2) is 8.15. The zero-order chi connectivity index (χ0) is 15.1. The van der Waals surface area contributed by atoms with Gasteiger partial charge in [-0.3, -0.25) is 4.79 Å². The van der Waals surface area contributed by atoms with Crippen LogP contribution < -0.4 is 5.73 Å². The molecule has 1 heterocycles. The first kappa shape index (κ1) is 16.0. The number of carbonyl (C=O) groups is 1. The summed E-state index contributed by atoms with van der Waals surface area (Å²) in [7, 11) is 0. The topological polar surface area (TPSA) is 49.6 Å². The van der Waals surface area contributed by atoms with Crippen LogP contribution in [0, 0.1) is 6.92 Å². The Morgan fingerprint density at radius 1 is 1.14 bits per heavy atom. The van der Waals surface area contributed by atoms with Crippen molar-refractivity contribution < 1.29 is 4.79 Å². The molecule has 0 spiro atoms. The van der Waals surface area contributed by atoms with Crippen LogP contribution in [-0.2, 0) is 11.2 Å². The lowest BCUT2D eigenvalue weighted by Gasteiger charge is -2.22. The minimum Gasteiger partial charge on any atom is -0.341 e. The molecule has 2 rings (SSSR count). The number of nitrogens with two attached hydrogens (primary N) is 1. The summed E-state index contributed by atoms with van der Waals surface area (Å²) in [6.45, 7) is 7.63. The Morgan fingerprint density at radius 2 is 1.90 bits per heavy atom. The van der Waals surface area contributed by atoms with Gasteiger partial charge in [-0.25, -0.2) is 0 Å². The SMILES string of the molecule is Cc1ccc(CC(=O)N2CCCN(CCCN)CC2)cc1. The Bertz CT molecular complexity index is 444. The van der Waals surface area contributed by atoms with Crippen LogP contribution in [-0.4, -0.2) is 55.0 Å². The normalized spacial score (nSPS) is 16.8. The van der Waals surface area contributed by atoms with Crippen molar-refractivity contribution in [1.29, 1.82) is 0 Å². The molecular weight excluding hydrogens is 262 g/mol. The number of aryl methyl sites for hydroxylation is 1. The van der Waals surface area contributed by atoms with Gasteiger partial charge >= 0.3 is 0 Å². The molecule has 1 aromatic carbocycles. The van der Waals surface area contributed by atoms with Gasteiger partial charge in [0.1, 0.15) is 0 Å². The van der Waals surface area contributed by atoms with Gasteiger partial charge in [0, 0.05) is 19.6 Å². The number of hydrogen-bond donors (Lipinski definition) is 1. The minimum absolute atomic E-state index is 0.250. The van der Waals surface area contributed by atoms with Crippen molar-refractivity contribution in [2.75, 3.05) is 39.3 Å². The molecule has 116 valence electrons. The van der Waals surface area contributed by atoms with Crippen molar-refractivity contribution in [3.05, 3.63) is 35.4 Å². The largest absolute Gasteiger partial charge is 0.341 e. The van der Waals surface area contributed by atoms with Crippen LogP contribution >= 0.6 is 0 Å². The third-order valence-corrected chi connectivity index (χ3v) is 4.10. The highest BCUT2D eigenvalue weighted by Crippen LogP contribution is 2.09. The van der Waals surface area contributed by atoms with Gasteiger partial charge in [-0.15, -0.1) is 0 Å². The third-order valence-electron chi connectivity index (χ3n) is 4.10. The fourth-order valence-corrected chi connectivity index (χ4v) is 2.75. The third kappa shape index (κ3) is 5.14. The number of amides is 1. The number of hydrogen-bond acceptors (Lipinski definition) is 3. The molecule has 2 N–H and O–H groups in total. The van der Waals surface area contributed by atoms with Gasteiger partial charge in [-0.05, 0) is 45.0 Å². The summed E-state index contributed by atoms with van der Waals surface area (Å²) in [6, 6.07) is 8.25. The summed E-state index contributed by atoms with van der Waals surface area (Å²) in [5.41, 5.74) is 7.90. The molecular formula is C17H27N3O. The van der Waals surface area contributed by atoms with E-state index >= 15 is 0 Å². The van der Waals surface area contributed by atoms with E-state index in [2.05, 4.69) is 36.1 Å². The van der Waals surface area contributed by atoms with Crippen molar-refractivity contribution in [2.24, 2.45) is 5.73 Å². The van der Waals surface area contributed by atoms with Crippen molar-refractivity contribution in [3.8, 4) is 0 Å². The lowest BCUT2D eigenvalue weighted by molar-refractivity contribution is -0.130. The first-order chi connectivity index (χ1) is 10.2. The predicted octanol–water partition coefficient (Wildman–Crippen LogP) is 1.42. The summed E-state index contributed by atoms with van der Waals surface area (Å²) in [4.78, 5) is 16.9. The first-order valence-corrected chi connectivity index (χ1v) is 7.95. The summed E-state index contributed by atoms with van der Waals surface area (Å²) in [6.07, 6.45) is 2.62.